The van der Waals surface area contributed by atoms with Crippen LogP contribution in [-0.4, -0.2) is 53.6 Å². The third-order valence-electron chi connectivity index (χ3n) is 4.14. The van der Waals surface area contributed by atoms with Gasteiger partial charge in [0, 0.05) is 17.0 Å². The lowest BCUT2D eigenvalue weighted by molar-refractivity contribution is 0.104. The number of amides is 1. The van der Waals surface area contributed by atoms with Crippen LogP contribution < -0.4 is 5.32 Å². The van der Waals surface area contributed by atoms with E-state index in [-0.39, 0.29) is 17.2 Å². The molecule has 3 rings (SSSR count). The van der Waals surface area contributed by atoms with E-state index in [4.69, 9.17) is 11.6 Å². The summed E-state index contributed by atoms with van der Waals surface area (Å²) < 4.78 is 1.13. The number of aromatic nitrogens is 1. The predicted octanol–water partition coefficient (Wildman–Crippen LogP) is 3.80. The molecule has 0 atom stereocenters. The Kier molecular flexibility index (Phi) is 5.84. The maximum atomic E-state index is 12.9. The van der Waals surface area contributed by atoms with Crippen molar-refractivity contribution >= 4 is 45.7 Å². The molecule has 0 saturated heterocycles. The number of aromatic hydroxyl groups is 1. The van der Waals surface area contributed by atoms with Crippen LogP contribution in [0.4, 0.5) is 4.79 Å². The van der Waals surface area contributed by atoms with E-state index in [1.165, 1.54) is 11.3 Å². The summed E-state index contributed by atoms with van der Waals surface area (Å²) >= 11 is 7.37. The number of rotatable bonds is 6. The minimum absolute atomic E-state index is 0.0818. The molecule has 142 valence electrons. The quantitative estimate of drug-likeness (QED) is 0.481. The number of hydrogen-bond acceptors (Lipinski definition) is 5. The highest BCUT2D eigenvalue weighted by Gasteiger charge is 2.26. The molecule has 0 fully saturated rings. The number of nitrogens with zero attached hydrogens (tertiary/aromatic N) is 2. The fourth-order valence-corrected chi connectivity index (χ4v) is 3.72. The Morgan fingerprint density at radius 2 is 2.15 bits per heavy atom. The molecular formula is C19H20ClN3O3S. The standard InChI is InChI=1S/C19H20ClN3O3S/c1-22(2)9-4-8-21-19(26)23-14-7-6-12(20)11-13(14)16(18(23)25)17(24)15-5-3-10-27-15/h3,5-7,10-11,25H,4,8-9H2,1-2H3,(H,21,26)/i17+2. The summed E-state index contributed by atoms with van der Waals surface area (Å²) in [5, 5.41) is 16.2. The summed E-state index contributed by atoms with van der Waals surface area (Å²) in [5.41, 5.74) is 0.514. The van der Waals surface area contributed by atoms with Crippen molar-refractivity contribution in [2.24, 2.45) is 0 Å². The Bertz CT molecular complexity index is 980. The van der Waals surface area contributed by atoms with Gasteiger partial charge >= 0.3 is 6.03 Å². The van der Waals surface area contributed by atoms with E-state index in [1.807, 2.05) is 19.0 Å². The molecule has 1 amide bonds. The third kappa shape index (κ3) is 4.00. The van der Waals surface area contributed by atoms with Gasteiger partial charge in [0.15, 0.2) is 0 Å². The van der Waals surface area contributed by atoms with Gasteiger partial charge in [0.25, 0.3) is 0 Å². The van der Waals surface area contributed by atoms with Gasteiger partial charge in [-0.1, -0.05) is 17.7 Å². The van der Waals surface area contributed by atoms with Gasteiger partial charge in [-0.05, 0) is 56.7 Å². The van der Waals surface area contributed by atoms with Crippen molar-refractivity contribution in [2.75, 3.05) is 27.2 Å². The highest BCUT2D eigenvalue weighted by Crippen LogP contribution is 2.35. The van der Waals surface area contributed by atoms with Crippen LogP contribution in [0.3, 0.4) is 0 Å². The van der Waals surface area contributed by atoms with Crippen LogP contribution in [-0.2, 0) is 0 Å². The third-order valence-corrected chi connectivity index (χ3v) is 5.24. The summed E-state index contributed by atoms with van der Waals surface area (Å²) in [5.74, 6) is -0.718. The minimum Gasteiger partial charge on any atom is -0.494 e. The van der Waals surface area contributed by atoms with Crippen LogP contribution in [0.2, 0.25) is 5.02 Å². The van der Waals surface area contributed by atoms with Gasteiger partial charge in [-0.25, -0.2) is 9.36 Å². The zero-order valence-corrected chi connectivity index (χ0v) is 16.6. The molecule has 27 heavy (non-hydrogen) atoms. The second kappa shape index (κ2) is 8.12. The highest BCUT2D eigenvalue weighted by atomic mass is 35.5. The summed E-state index contributed by atoms with van der Waals surface area (Å²) in [6.45, 7) is 1.29. The first-order valence-electron chi connectivity index (χ1n) is 8.44. The molecule has 0 radical (unpaired) electrons. The van der Waals surface area contributed by atoms with Crippen LogP contribution in [0, 0.1) is 0 Å². The number of carbonyl (C=O) groups is 2. The summed E-state index contributed by atoms with van der Waals surface area (Å²) in [7, 11) is 3.92. The van der Waals surface area contributed by atoms with Gasteiger partial charge in [-0.3, -0.25) is 4.79 Å². The fraction of sp³-hybridized carbons (Fsp3) is 0.263. The lowest BCUT2D eigenvalue weighted by Crippen LogP contribution is -2.30. The number of thiophene rings is 1. The van der Waals surface area contributed by atoms with Crippen LogP contribution in [0.5, 0.6) is 5.88 Å². The summed E-state index contributed by atoms with van der Waals surface area (Å²) in [4.78, 5) is 28.1. The van der Waals surface area contributed by atoms with Crippen molar-refractivity contribution in [3.8, 4) is 5.88 Å². The number of fused-ring (bicyclic) bond motifs is 1. The number of ketones is 1. The molecule has 0 unspecified atom stereocenters. The molecule has 0 aliphatic rings. The topological polar surface area (TPSA) is 74.6 Å². The van der Waals surface area contributed by atoms with Crippen molar-refractivity contribution < 1.29 is 14.7 Å². The molecule has 8 heteroatoms. The summed E-state index contributed by atoms with van der Waals surface area (Å²) in [6, 6.07) is 7.80. The van der Waals surface area contributed by atoms with Crippen LogP contribution in [0.1, 0.15) is 21.7 Å². The van der Waals surface area contributed by atoms with E-state index >= 15 is 0 Å². The first kappa shape index (κ1) is 19.4. The highest BCUT2D eigenvalue weighted by molar-refractivity contribution is 7.12. The molecular weight excluding hydrogens is 388 g/mol. The first-order valence-corrected chi connectivity index (χ1v) is 9.70. The van der Waals surface area contributed by atoms with E-state index in [0.717, 1.165) is 17.5 Å². The van der Waals surface area contributed by atoms with Gasteiger partial charge in [0.1, 0.15) is 0 Å². The smallest absolute Gasteiger partial charge is 0.328 e. The van der Waals surface area contributed by atoms with Gasteiger partial charge in [0.05, 0.1) is 16.0 Å². The van der Waals surface area contributed by atoms with Crippen molar-refractivity contribution in [1.29, 1.82) is 0 Å². The van der Waals surface area contributed by atoms with Gasteiger partial charge in [0.2, 0.25) is 11.7 Å². The Morgan fingerprint density at radius 3 is 2.81 bits per heavy atom. The Morgan fingerprint density at radius 1 is 1.37 bits per heavy atom. The molecule has 1 aromatic carbocycles. The van der Waals surface area contributed by atoms with E-state index in [1.54, 1.807) is 35.7 Å². The lowest BCUT2D eigenvalue weighted by atomic mass is 10.2. The zero-order valence-electron chi connectivity index (χ0n) is 15.0. The zero-order chi connectivity index (χ0) is 19.6. The second-order valence-electron chi connectivity index (χ2n) is 6.39. The average molecular weight is 408 g/mol. The molecule has 2 heterocycles. The van der Waals surface area contributed by atoms with Crippen molar-refractivity contribution in [3.05, 3.63) is 51.2 Å². The van der Waals surface area contributed by atoms with E-state index in [2.05, 4.69) is 5.32 Å². The molecule has 0 saturated carbocycles. The Hall–Kier alpha value is -2.35. The predicted molar refractivity (Wildman–Crippen MR) is 108 cm³/mol. The molecule has 3 aromatic rings. The molecule has 2 aromatic heterocycles. The Balaban J connectivity index is 2.00. The Labute approximate surface area is 166 Å². The summed E-state index contributed by atoms with van der Waals surface area (Å²) in [6.07, 6.45) is 0.769. The SMILES string of the molecule is CN(C)CCCNC(=O)n1c(O)c([14C](=O)c2cccs2)c2cc(Cl)ccc21. The molecule has 0 aliphatic heterocycles. The average Bonchev–Trinajstić information content (AvgIpc) is 3.23. The first-order chi connectivity index (χ1) is 12.9. The fourth-order valence-electron chi connectivity index (χ4n) is 2.88. The van der Waals surface area contributed by atoms with E-state index in [0.29, 0.717) is 27.3 Å². The molecule has 2 N–H and O–H groups in total. The van der Waals surface area contributed by atoms with Crippen LogP contribution >= 0.6 is 22.9 Å². The van der Waals surface area contributed by atoms with Crippen molar-refractivity contribution in [2.45, 2.75) is 6.42 Å². The maximum absolute atomic E-state index is 12.9. The maximum Gasteiger partial charge on any atom is 0.328 e. The van der Waals surface area contributed by atoms with E-state index in [9.17, 15) is 14.7 Å². The normalized spacial score (nSPS) is 11.3. The largest absolute Gasteiger partial charge is 0.494 e. The molecule has 0 spiro atoms. The van der Waals surface area contributed by atoms with Crippen molar-refractivity contribution in [3.63, 3.8) is 0 Å². The van der Waals surface area contributed by atoms with Crippen LogP contribution in [0.25, 0.3) is 10.9 Å². The molecule has 0 aliphatic carbocycles. The number of halogens is 1. The number of benzene rings is 1. The second-order valence-corrected chi connectivity index (χ2v) is 7.77. The van der Waals surface area contributed by atoms with Gasteiger partial charge < -0.3 is 15.3 Å². The molecule has 0 bridgehead atoms. The number of carbonyl (C=O) groups excluding carboxylic acids is 2. The monoisotopic (exact) mass is 407 g/mol. The number of nitrogens with one attached hydrogen (secondary N) is 1. The molecule has 6 nitrogen and oxygen atoms in total. The minimum atomic E-state index is -0.483. The van der Waals surface area contributed by atoms with E-state index < -0.39 is 6.03 Å². The lowest BCUT2D eigenvalue weighted by Gasteiger charge is -2.11. The van der Waals surface area contributed by atoms with Crippen molar-refractivity contribution in [1.82, 2.24) is 14.8 Å². The van der Waals surface area contributed by atoms with Crippen LogP contribution in [0.15, 0.2) is 35.7 Å². The van der Waals surface area contributed by atoms with Gasteiger partial charge in [-0.2, -0.15) is 0 Å². The number of hydrogen-bond donors (Lipinski definition) is 2. The van der Waals surface area contributed by atoms with Gasteiger partial charge in [-0.15, -0.1) is 11.3 Å².